The highest BCUT2D eigenvalue weighted by atomic mass is 32.1. The van der Waals surface area contributed by atoms with E-state index in [1.807, 2.05) is 0 Å². The van der Waals surface area contributed by atoms with Crippen LogP contribution in [-0.2, 0) is 17.5 Å². The molecule has 1 aromatic rings. The third-order valence-electron chi connectivity index (χ3n) is 3.87. The van der Waals surface area contributed by atoms with Gasteiger partial charge in [0, 0.05) is 18.3 Å². The number of nitrogens with zero attached hydrogens (tertiary/aromatic N) is 2. The molecule has 1 aromatic heterocycles. The second kappa shape index (κ2) is 6.31. The Hall–Kier alpha value is -1.15. The number of alkyl halides is 3. The number of aromatic nitrogens is 1. The number of carbonyl (C=O) groups excluding carboxylic acids is 1. The molecule has 2 N–H and O–H groups in total. The van der Waals surface area contributed by atoms with E-state index in [1.165, 1.54) is 4.90 Å². The van der Waals surface area contributed by atoms with Gasteiger partial charge in [-0.3, -0.25) is 4.79 Å². The Morgan fingerprint density at radius 2 is 2.24 bits per heavy atom. The zero-order valence-corrected chi connectivity index (χ0v) is 12.5. The Bertz CT molecular complexity index is 503. The van der Waals surface area contributed by atoms with E-state index in [1.54, 1.807) is 7.05 Å². The smallest absolute Gasteiger partial charge is 0.339 e. The molecule has 1 saturated carbocycles. The number of nitrogens with two attached hydrogens (primary N) is 1. The topological polar surface area (TPSA) is 59.2 Å². The molecule has 1 fully saturated rings. The lowest BCUT2D eigenvalue weighted by atomic mass is 9.95. The average molecular weight is 321 g/mol. The highest BCUT2D eigenvalue weighted by Crippen LogP contribution is 2.33. The Kier molecular flexibility index (Phi) is 4.88. The molecule has 1 aliphatic carbocycles. The Labute approximate surface area is 125 Å². The maximum Gasteiger partial charge on any atom is 0.434 e. The summed E-state index contributed by atoms with van der Waals surface area (Å²) in [4.78, 5) is 17.3. The number of halogens is 3. The molecule has 0 aromatic carbocycles. The fourth-order valence-corrected chi connectivity index (χ4v) is 3.57. The summed E-state index contributed by atoms with van der Waals surface area (Å²) < 4.78 is 37.5. The van der Waals surface area contributed by atoms with Gasteiger partial charge in [0.15, 0.2) is 5.69 Å². The molecule has 0 aliphatic heterocycles. The number of hydrogen-bond donors (Lipinski definition) is 1. The van der Waals surface area contributed by atoms with Gasteiger partial charge in [-0.1, -0.05) is 6.42 Å². The second-order valence-corrected chi connectivity index (χ2v) is 6.29. The van der Waals surface area contributed by atoms with Crippen LogP contribution in [-0.4, -0.2) is 29.4 Å². The van der Waals surface area contributed by atoms with Crippen molar-refractivity contribution in [1.82, 2.24) is 9.88 Å². The number of rotatable bonds is 4. The summed E-state index contributed by atoms with van der Waals surface area (Å²) in [7, 11) is 1.60. The minimum absolute atomic E-state index is 0.0493. The summed E-state index contributed by atoms with van der Waals surface area (Å²) in [6, 6.07) is 0. The lowest BCUT2D eigenvalue weighted by Gasteiger charge is -2.23. The quantitative estimate of drug-likeness (QED) is 0.927. The Morgan fingerprint density at radius 1 is 1.52 bits per heavy atom. The highest BCUT2D eigenvalue weighted by molar-refractivity contribution is 7.09. The van der Waals surface area contributed by atoms with Crippen LogP contribution in [0.15, 0.2) is 5.38 Å². The van der Waals surface area contributed by atoms with Crippen LogP contribution in [0.3, 0.4) is 0 Å². The van der Waals surface area contributed by atoms with E-state index in [0.717, 1.165) is 36.0 Å². The van der Waals surface area contributed by atoms with Crippen molar-refractivity contribution in [3.05, 3.63) is 16.1 Å². The third kappa shape index (κ3) is 3.74. The number of amides is 1. The highest BCUT2D eigenvalue weighted by Gasteiger charge is 2.35. The van der Waals surface area contributed by atoms with Crippen molar-refractivity contribution in [2.45, 2.75) is 32.0 Å². The van der Waals surface area contributed by atoms with Crippen LogP contribution in [0.5, 0.6) is 0 Å². The maximum atomic E-state index is 12.5. The Morgan fingerprint density at radius 3 is 2.81 bits per heavy atom. The van der Waals surface area contributed by atoms with Crippen LogP contribution in [0.25, 0.3) is 0 Å². The third-order valence-corrected chi connectivity index (χ3v) is 4.70. The molecule has 0 unspecified atom stereocenters. The van der Waals surface area contributed by atoms with Crippen LogP contribution in [0.4, 0.5) is 13.2 Å². The summed E-state index contributed by atoms with van der Waals surface area (Å²) in [6.45, 7) is 0.576. The summed E-state index contributed by atoms with van der Waals surface area (Å²) in [5, 5.41) is 1.27. The SMILES string of the molecule is CN(Cc1nc(C(F)(F)F)cs1)C(=O)[C@@H]1CCC[C@@H]1CN. The van der Waals surface area contributed by atoms with Crippen LogP contribution < -0.4 is 5.73 Å². The van der Waals surface area contributed by atoms with Gasteiger partial charge in [-0.15, -0.1) is 11.3 Å². The van der Waals surface area contributed by atoms with E-state index in [9.17, 15) is 18.0 Å². The standard InChI is InChI=1S/C13H18F3N3OS/c1-19(12(20)9-4-2-3-8(9)5-17)6-11-18-10(7-21-11)13(14,15)16/h7-9H,2-6,17H2,1H3/t8-,9-/m1/s1. The molecule has 1 amide bonds. The molecular weight excluding hydrogens is 303 g/mol. The van der Waals surface area contributed by atoms with Gasteiger partial charge in [-0.25, -0.2) is 4.98 Å². The predicted molar refractivity (Wildman–Crippen MR) is 73.5 cm³/mol. The first-order valence-electron chi connectivity index (χ1n) is 6.79. The molecule has 0 spiro atoms. The van der Waals surface area contributed by atoms with E-state index in [-0.39, 0.29) is 24.3 Å². The van der Waals surface area contributed by atoms with E-state index in [0.29, 0.717) is 11.6 Å². The van der Waals surface area contributed by atoms with Crippen LogP contribution in [0.1, 0.15) is 30.0 Å². The van der Waals surface area contributed by atoms with Crippen molar-refractivity contribution in [3.8, 4) is 0 Å². The van der Waals surface area contributed by atoms with Crippen LogP contribution >= 0.6 is 11.3 Å². The minimum atomic E-state index is -4.44. The Balaban J connectivity index is 1.99. The molecule has 118 valence electrons. The van der Waals surface area contributed by atoms with Crippen LogP contribution in [0, 0.1) is 11.8 Å². The molecule has 21 heavy (non-hydrogen) atoms. The molecule has 8 heteroatoms. The fraction of sp³-hybridized carbons (Fsp3) is 0.692. The van der Waals surface area contributed by atoms with Gasteiger partial charge >= 0.3 is 6.18 Å². The number of hydrogen-bond acceptors (Lipinski definition) is 4. The summed E-state index contributed by atoms with van der Waals surface area (Å²) in [5.74, 6) is 0.0238. The molecule has 1 heterocycles. The maximum absolute atomic E-state index is 12.5. The predicted octanol–water partition coefficient (Wildman–Crippen LogP) is 2.50. The molecule has 2 atom stereocenters. The van der Waals surface area contributed by atoms with E-state index < -0.39 is 11.9 Å². The summed E-state index contributed by atoms with van der Waals surface area (Å²) in [5.41, 5.74) is 4.76. The van der Waals surface area contributed by atoms with Crippen molar-refractivity contribution in [3.63, 3.8) is 0 Å². The van der Waals surface area contributed by atoms with Gasteiger partial charge in [0.1, 0.15) is 5.01 Å². The summed E-state index contributed by atoms with van der Waals surface area (Å²) in [6.07, 6.45) is -1.72. The van der Waals surface area contributed by atoms with Crippen molar-refractivity contribution in [2.24, 2.45) is 17.6 Å². The first-order valence-corrected chi connectivity index (χ1v) is 7.67. The van der Waals surface area contributed by atoms with Gasteiger partial charge in [-0.2, -0.15) is 13.2 Å². The average Bonchev–Trinajstić information content (AvgIpc) is 3.05. The van der Waals surface area contributed by atoms with Crippen molar-refractivity contribution in [1.29, 1.82) is 0 Å². The molecule has 0 radical (unpaired) electrons. The van der Waals surface area contributed by atoms with Crippen LogP contribution in [0.2, 0.25) is 0 Å². The van der Waals surface area contributed by atoms with Gasteiger partial charge < -0.3 is 10.6 Å². The van der Waals surface area contributed by atoms with Gasteiger partial charge in [0.2, 0.25) is 5.91 Å². The lowest BCUT2D eigenvalue weighted by Crippen LogP contribution is -2.36. The van der Waals surface area contributed by atoms with Crippen molar-refractivity contribution in [2.75, 3.05) is 13.6 Å². The fourth-order valence-electron chi connectivity index (χ4n) is 2.72. The zero-order valence-electron chi connectivity index (χ0n) is 11.7. The molecule has 1 aliphatic rings. The zero-order chi connectivity index (χ0) is 15.6. The number of carbonyl (C=O) groups is 1. The van der Waals surface area contributed by atoms with Gasteiger partial charge in [-0.05, 0) is 25.3 Å². The monoisotopic (exact) mass is 321 g/mol. The van der Waals surface area contributed by atoms with E-state index >= 15 is 0 Å². The largest absolute Gasteiger partial charge is 0.434 e. The molecule has 0 saturated heterocycles. The molecule has 2 rings (SSSR count). The second-order valence-electron chi connectivity index (χ2n) is 5.35. The molecule has 4 nitrogen and oxygen atoms in total. The van der Waals surface area contributed by atoms with Crippen molar-refractivity contribution < 1.29 is 18.0 Å². The van der Waals surface area contributed by atoms with Crippen molar-refractivity contribution >= 4 is 17.2 Å². The minimum Gasteiger partial charge on any atom is -0.339 e. The normalized spacial score (nSPS) is 22.5. The summed E-state index contributed by atoms with van der Waals surface area (Å²) >= 11 is 0.922. The number of thiazole rings is 1. The lowest BCUT2D eigenvalue weighted by molar-refractivity contribution is -0.140. The van der Waals surface area contributed by atoms with E-state index in [2.05, 4.69) is 4.98 Å². The molecular formula is C13H18F3N3OS. The van der Waals surface area contributed by atoms with Gasteiger partial charge in [0.25, 0.3) is 0 Å². The van der Waals surface area contributed by atoms with Gasteiger partial charge in [0.05, 0.1) is 6.54 Å². The molecule has 0 bridgehead atoms. The van der Waals surface area contributed by atoms with E-state index in [4.69, 9.17) is 5.73 Å². The first-order chi connectivity index (χ1) is 9.82. The first kappa shape index (κ1) is 16.2.